The minimum absolute atomic E-state index is 0.00844. The Hall–Kier alpha value is -0.950. The minimum Gasteiger partial charge on any atom is -0.496 e. The highest BCUT2D eigenvalue weighted by atomic mass is 79.9. The van der Waals surface area contributed by atoms with Gasteiger partial charge in [0.05, 0.1) is 17.6 Å². The highest BCUT2D eigenvalue weighted by Gasteiger charge is 2.13. The molecule has 3 N–H and O–H groups in total. The maximum Gasteiger partial charge on any atom is 0.133 e. The molecule has 1 aromatic carbocycles. The Morgan fingerprint density at radius 3 is 2.65 bits per heavy atom. The van der Waals surface area contributed by atoms with E-state index >= 15 is 0 Å². The van der Waals surface area contributed by atoms with Gasteiger partial charge in [0.15, 0.2) is 0 Å². The van der Waals surface area contributed by atoms with E-state index in [2.05, 4.69) is 42.3 Å². The van der Waals surface area contributed by atoms with Crippen LogP contribution in [-0.2, 0) is 6.42 Å². The zero-order valence-electron chi connectivity index (χ0n) is 10.9. The lowest BCUT2D eigenvalue weighted by Crippen LogP contribution is -2.29. The van der Waals surface area contributed by atoms with E-state index in [0.717, 1.165) is 26.0 Å². The molecule has 0 saturated heterocycles. The summed E-state index contributed by atoms with van der Waals surface area (Å²) in [4.78, 5) is 4.37. The van der Waals surface area contributed by atoms with E-state index < -0.39 is 0 Å². The summed E-state index contributed by atoms with van der Waals surface area (Å²) in [5, 5.41) is 0. The van der Waals surface area contributed by atoms with Gasteiger partial charge in [0.1, 0.15) is 5.75 Å². The quantitative estimate of drug-likeness (QED) is 0.596. The van der Waals surface area contributed by atoms with Crippen molar-refractivity contribution >= 4 is 31.9 Å². The largest absolute Gasteiger partial charge is 0.496 e. The minimum atomic E-state index is -0.00844. The molecule has 1 atom stereocenters. The lowest BCUT2D eigenvalue weighted by atomic mass is 10.0. The van der Waals surface area contributed by atoms with Gasteiger partial charge in [-0.25, -0.2) is 0 Å². The number of hydrazine groups is 1. The molecule has 2 aromatic rings. The van der Waals surface area contributed by atoms with Gasteiger partial charge < -0.3 is 4.74 Å². The van der Waals surface area contributed by atoms with Crippen molar-refractivity contribution in [3.8, 4) is 5.75 Å². The van der Waals surface area contributed by atoms with Crippen molar-refractivity contribution in [1.82, 2.24) is 10.4 Å². The summed E-state index contributed by atoms with van der Waals surface area (Å²) in [5.74, 6) is 6.47. The van der Waals surface area contributed by atoms with Crippen LogP contribution in [0.2, 0.25) is 0 Å². The molecule has 0 aliphatic carbocycles. The van der Waals surface area contributed by atoms with Crippen LogP contribution in [0.1, 0.15) is 17.3 Å². The predicted molar refractivity (Wildman–Crippen MR) is 86.4 cm³/mol. The van der Waals surface area contributed by atoms with E-state index in [0.29, 0.717) is 6.42 Å². The normalized spacial score (nSPS) is 12.2. The number of ether oxygens (including phenoxy) is 1. The van der Waals surface area contributed by atoms with Crippen LogP contribution in [-0.4, -0.2) is 12.1 Å². The van der Waals surface area contributed by atoms with Crippen LogP contribution >= 0.6 is 31.9 Å². The zero-order chi connectivity index (χ0) is 14.5. The van der Waals surface area contributed by atoms with Gasteiger partial charge in [0, 0.05) is 22.8 Å². The number of rotatable bonds is 5. The molecule has 0 radical (unpaired) electrons. The summed E-state index contributed by atoms with van der Waals surface area (Å²) in [6.45, 7) is 0. The molecule has 106 valence electrons. The van der Waals surface area contributed by atoms with Gasteiger partial charge in [0.2, 0.25) is 0 Å². The van der Waals surface area contributed by atoms with Crippen molar-refractivity contribution in [2.45, 2.75) is 12.5 Å². The van der Waals surface area contributed by atoms with Crippen LogP contribution in [0.5, 0.6) is 5.75 Å². The molecule has 0 saturated carbocycles. The first kappa shape index (κ1) is 15.4. The number of aromatic nitrogens is 1. The lowest BCUT2D eigenvalue weighted by Gasteiger charge is -2.17. The van der Waals surface area contributed by atoms with Gasteiger partial charge in [-0.3, -0.25) is 16.3 Å². The standard InChI is InChI=1S/C14H15Br2N3O/c1-20-14-5-2-9(6-12(14)16)13(19-17)7-11-4-3-10(15)8-18-11/h2-6,8,13,19H,7,17H2,1H3. The molecule has 0 aliphatic rings. The molecule has 0 aliphatic heterocycles. The Morgan fingerprint density at radius 1 is 1.30 bits per heavy atom. The number of benzene rings is 1. The van der Waals surface area contributed by atoms with E-state index in [9.17, 15) is 0 Å². The molecule has 4 nitrogen and oxygen atoms in total. The van der Waals surface area contributed by atoms with Crippen LogP contribution < -0.4 is 16.0 Å². The summed E-state index contributed by atoms with van der Waals surface area (Å²) in [6.07, 6.45) is 2.50. The number of pyridine rings is 1. The first-order valence-electron chi connectivity index (χ1n) is 6.04. The molecule has 2 rings (SSSR count). The van der Waals surface area contributed by atoms with Gasteiger partial charge in [-0.1, -0.05) is 6.07 Å². The fourth-order valence-corrected chi connectivity index (χ4v) is 2.70. The third kappa shape index (κ3) is 3.79. The molecule has 20 heavy (non-hydrogen) atoms. The molecule has 0 spiro atoms. The molecule has 0 fully saturated rings. The van der Waals surface area contributed by atoms with Gasteiger partial charge in [-0.2, -0.15) is 0 Å². The number of hydrogen-bond acceptors (Lipinski definition) is 4. The molecular weight excluding hydrogens is 386 g/mol. The second kappa shape index (κ2) is 7.17. The van der Waals surface area contributed by atoms with Gasteiger partial charge in [0.25, 0.3) is 0 Å². The Labute approximate surface area is 135 Å². The maximum absolute atomic E-state index is 5.67. The van der Waals surface area contributed by atoms with Crippen molar-refractivity contribution in [3.05, 3.63) is 56.7 Å². The van der Waals surface area contributed by atoms with Crippen molar-refractivity contribution in [2.24, 2.45) is 5.84 Å². The number of halogens is 2. The van der Waals surface area contributed by atoms with E-state index in [1.807, 2.05) is 30.3 Å². The average molecular weight is 401 g/mol. The molecule has 6 heteroatoms. The fraction of sp³-hybridized carbons (Fsp3) is 0.214. The highest BCUT2D eigenvalue weighted by molar-refractivity contribution is 9.10. The van der Waals surface area contributed by atoms with Crippen molar-refractivity contribution in [2.75, 3.05) is 7.11 Å². The Morgan fingerprint density at radius 2 is 2.10 bits per heavy atom. The highest BCUT2D eigenvalue weighted by Crippen LogP contribution is 2.29. The maximum atomic E-state index is 5.67. The fourth-order valence-electron chi connectivity index (χ4n) is 1.91. The predicted octanol–water partition coefficient (Wildman–Crippen LogP) is 3.36. The van der Waals surface area contributed by atoms with Gasteiger partial charge in [-0.15, -0.1) is 0 Å². The summed E-state index contributed by atoms with van der Waals surface area (Å²) in [6, 6.07) is 9.85. The summed E-state index contributed by atoms with van der Waals surface area (Å²) >= 11 is 6.86. The molecule has 1 heterocycles. The second-order valence-electron chi connectivity index (χ2n) is 4.29. The van der Waals surface area contributed by atoms with E-state index in [4.69, 9.17) is 10.6 Å². The van der Waals surface area contributed by atoms with Crippen LogP contribution in [0.25, 0.3) is 0 Å². The Bertz CT molecular complexity index is 575. The van der Waals surface area contributed by atoms with Crippen molar-refractivity contribution < 1.29 is 4.74 Å². The topological polar surface area (TPSA) is 60.2 Å². The van der Waals surface area contributed by atoms with E-state index in [-0.39, 0.29) is 6.04 Å². The summed E-state index contributed by atoms with van der Waals surface area (Å²) in [7, 11) is 1.64. The smallest absolute Gasteiger partial charge is 0.133 e. The Balaban J connectivity index is 2.19. The lowest BCUT2D eigenvalue weighted by molar-refractivity contribution is 0.411. The second-order valence-corrected chi connectivity index (χ2v) is 6.06. The first-order chi connectivity index (χ1) is 9.63. The van der Waals surface area contributed by atoms with Gasteiger partial charge >= 0.3 is 0 Å². The third-order valence-electron chi connectivity index (χ3n) is 2.98. The van der Waals surface area contributed by atoms with Crippen molar-refractivity contribution in [1.29, 1.82) is 0 Å². The summed E-state index contributed by atoms with van der Waals surface area (Å²) < 4.78 is 7.10. The zero-order valence-corrected chi connectivity index (χ0v) is 14.1. The molecule has 1 aromatic heterocycles. The SMILES string of the molecule is COc1ccc(C(Cc2ccc(Br)cn2)NN)cc1Br. The summed E-state index contributed by atoms with van der Waals surface area (Å²) in [5.41, 5.74) is 4.88. The number of nitrogens with two attached hydrogens (primary N) is 1. The molecule has 1 unspecified atom stereocenters. The van der Waals surface area contributed by atoms with E-state index in [1.54, 1.807) is 13.3 Å². The number of nitrogens with zero attached hydrogens (tertiary/aromatic N) is 1. The number of methoxy groups -OCH3 is 1. The number of nitrogens with one attached hydrogen (secondary N) is 1. The monoisotopic (exact) mass is 399 g/mol. The first-order valence-corrected chi connectivity index (χ1v) is 7.62. The van der Waals surface area contributed by atoms with E-state index in [1.165, 1.54) is 0 Å². The average Bonchev–Trinajstić information content (AvgIpc) is 2.46. The molecular formula is C14H15Br2N3O. The number of hydrogen-bond donors (Lipinski definition) is 2. The van der Waals surface area contributed by atoms with Crippen LogP contribution in [0.15, 0.2) is 45.5 Å². The van der Waals surface area contributed by atoms with Crippen molar-refractivity contribution in [3.63, 3.8) is 0 Å². The molecule has 0 bridgehead atoms. The Kier molecular flexibility index (Phi) is 5.54. The van der Waals surface area contributed by atoms with Gasteiger partial charge in [-0.05, 0) is 61.7 Å². The van der Waals surface area contributed by atoms with Crippen LogP contribution in [0.3, 0.4) is 0 Å². The molecule has 0 amide bonds. The third-order valence-corrected chi connectivity index (χ3v) is 4.07. The van der Waals surface area contributed by atoms with Crippen LogP contribution in [0, 0.1) is 0 Å². The van der Waals surface area contributed by atoms with Crippen LogP contribution in [0.4, 0.5) is 0 Å².